The molecule has 1 aromatic carbocycles. The van der Waals surface area contributed by atoms with Crippen LogP contribution in [0.4, 0.5) is 5.82 Å². The third-order valence-corrected chi connectivity index (χ3v) is 3.22. The number of nitrogen functional groups attached to an aromatic ring is 1. The molecule has 0 bridgehead atoms. The first kappa shape index (κ1) is 12.5. The number of aromatic nitrogens is 4. The number of rotatable bonds is 3. The average molecular weight is 267 g/mol. The fourth-order valence-electron chi connectivity index (χ4n) is 2.16. The molecule has 5 nitrogen and oxygen atoms in total. The molecule has 0 amide bonds. The van der Waals surface area contributed by atoms with Crippen LogP contribution in [0.1, 0.15) is 19.9 Å². The van der Waals surface area contributed by atoms with Gasteiger partial charge in [-0.05, 0) is 13.8 Å². The molecule has 3 aromatic rings. The molecular formula is C15H17N5. The summed E-state index contributed by atoms with van der Waals surface area (Å²) in [5.74, 6) is 1.37. The third-order valence-electron chi connectivity index (χ3n) is 3.22. The second kappa shape index (κ2) is 4.85. The first-order valence-corrected chi connectivity index (χ1v) is 6.59. The summed E-state index contributed by atoms with van der Waals surface area (Å²) in [5.41, 5.74) is 7.96. The molecule has 2 aromatic heterocycles. The van der Waals surface area contributed by atoms with Gasteiger partial charge in [0.1, 0.15) is 12.1 Å². The molecule has 2 heterocycles. The van der Waals surface area contributed by atoms with Crippen molar-refractivity contribution in [3.05, 3.63) is 49.1 Å². The highest BCUT2D eigenvalue weighted by Crippen LogP contribution is 2.24. The second-order valence-electron chi connectivity index (χ2n) is 4.98. The predicted molar refractivity (Wildman–Crippen MR) is 79.6 cm³/mol. The molecule has 0 fully saturated rings. The minimum Gasteiger partial charge on any atom is -0.383 e. The van der Waals surface area contributed by atoms with Gasteiger partial charge in [-0.3, -0.25) is 4.57 Å². The zero-order valence-corrected chi connectivity index (χ0v) is 11.6. The Morgan fingerprint density at radius 3 is 2.50 bits per heavy atom. The van der Waals surface area contributed by atoms with E-state index in [0.717, 1.165) is 17.2 Å². The molecule has 0 radical (unpaired) electrons. The molecule has 0 aliphatic heterocycles. The summed E-state index contributed by atoms with van der Waals surface area (Å²) >= 11 is 0. The minimum absolute atomic E-state index is 0.289. The van der Waals surface area contributed by atoms with Gasteiger partial charge in [0.2, 0.25) is 5.95 Å². The molecule has 0 saturated carbocycles. The van der Waals surface area contributed by atoms with E-state index in [-0.39, 0.29) is 6.04 Å². The van der Waals surface area contributed by atoms with Crippen LogP contribution < -0.4 is 5.73 Å². The number of hydrogen-bond donors (Lipinski definition) is 1. The number of imidazole rings is 2. The van der Waals surface area contributed by atoms with Crippen LogP contribution in [0.5, 0.6) is 0 Å². The fourth-order valence-corrected chi connectivity index (χ4v) is 2.16. The van der Waals surface area contributed by atoms with Crippen LogP contribution in [0.25, 0.3) is 17.2 Å². The van der Waals surface area contributed by atoms with E-state index >= 15 is 0 Å². The van der Waals surface area contributed by atoms with Gasteiger partial charge in [0.05, 0.1) is 11.9 Å². The van der Waals surface area contributed by atoms with E-state index in [1.54, 1.807) is 17.1 Å². The van der Waals surface area contributed by atoms with Crippen molar-refractivity contribution in [1.29, 1.82) is 0 Å². The lowest BCUT2D eigenvalue weighted by atomic mass is 10.2. The highest BCUT2D eigenvalue weighted by molar-refractivity contribution is 5.59. The maximum Gasteiger partial charge on any atom is 0.217 e. The van der Waals surface area contributed by atoms with E-state index in [1.807, 2.05) is 30.3 Å². The van der Waals surface area contributed by atoms with Crippen molar-refractivity contribution in [3.8, 4) is 17.2 Å². The first-order chi connectivity index (χ1) is 9.66. The Hall–Kier alpha value is -2.56. The van der Waals surface area contributed by atoms with Crippen LogP contribution >= 0.6 is 0 Å². The molecule has 0 spiro atoms. The zero-order chi connectivity index (χ0) is 14.1. The van der Waals surface area contributed by atoms with Gasteiger partial charge in [-0.2, -0.15) is 0 Å². The summed E-state index contributed by atoms with van der Waals surface area (Å²) < 4.78 is 3.90. The number of benzene rings is 1. The molecule has 20 heavy (non-hydrogen) atoms. The minimum atomic E-state index is 0.289. The Morgan fingerprint density at radius 1 is 1.15 bits per heavy atom. The van der Waals surface area contributed by atoms with E-state index in [9.17, 15) is 0 Å². The normalized spacial score (nSPS) is 11.2. The van der Waals surface area contributed by atoms with Crippen LogP contribution in [-0.2, 0) is 0 Å². The van der Waals surface area contributed by atoms with Crippen LogP contribution in [0, 0.1) is 0 Å². The van der Waals surface area contributed by atoms with E-state index in [2.05, 4.69) is 29.6 Å². The molecule has 5 heteroatoms. The molecule has 0 aliphatic carbocycles. The Bertz CT molecular complexity index is 709. The van der Waals surface area contributed by atoms with E-state index in [0.29, 0.717) is 5.82 Å². The first-order valence-electron chi connectivity index (χ1n) is 6.59. The molecule has 0 unspecified atom stereocenters. The van der Waals surface area contributed by atoms with Crippen molar-refractivity contribution in [3.63, 3.8) is 0 Å². The summed E-state index contributed by atoms with van der Waals surface area (Å²) in [6.45, 7) is 4.24. The Labute approximate surface area is 117 Å². The van der Waals surface area contributed by atoms with Crippen LogP contribution in [-0.4, -0.2) is 19.1 Å². The monoisotopic (exact) mass is 267 g/mol. The fraction of sp³-hybridized carbons (Fsp3) is 0.200. The molecule has 0 atom stereocenters. The van der Waals surface area contributed by atoms with E-state index in [4.69, 9.17) is 10.7 Å². The molecule has 3 rings (SSSR count). The third kappa shape index (κ3) is 2.07. The van der Waals surface area contributed by atoms with Crippen molar-refractivity contribution in [2.24, 2.45) is 0 Å². The van der Waals surface area contributed by atoms with Gasteiger partial charge in [0.25, 0.3) is 0 Å². The topological polar surface area (TPSA) is 61.7 Å². The van der Waals surface area contributed by atoms with Gasteiger partial charge in [0.15, 0.2) is 0 Å². The van der Waals surface area contributed by atoms with Gasteiger partial charge in [-0.25, -0.2) is 9.97 Å². The van der Waals surface area contributed by atoms with E-state index in [1.165, 1.54) is 0 Å². The maximum absolute atomic E-state index is 5.94. The Balaban J connectivity index is 2.15. The highest BCUT2D eigenvalue weighted by Gasteiger charge is 2.14. The van der Waals surface area contributed by atoms with Crippen LogP contribution in [0.2, 0.25) is 0 Å². The number of anilines is 1. The number of nitrogens with zero attached hydrogens (tertiary/aromatic N) is 4. The lowest BCUT2D eigenvalue weighted by Gasteiger charge is -2.11. The number of nitrogens with two attached hydrogens (primary N) is 1. The summed E-state index contributed by atoms with van der Waals surface area (Å²) in [4.78, 5) is 8.78. The highest BCUT2D eigenvalue weighted by atomic mass is 15.3. The van der Waals surface area contributed by atoms with Crippen LogP contribution in [0.15, 0.2) is 49.1 Å². The number of hydrogen-bond acceptors (Lipinski definition) is 3. The largest absolute Gasteiger partial charge is 0.383 e. The van der Waals surface area contributed by atoms with Crippen LogP contribution in [0.3, 0.4) is 0 Å². The molecule has 0 saturated heterocycles. The second-order valence-corrected chi connectivity index (χ2v) is 4.98. The van der Waals surface area contributed by atoms with Crippen molar-refractivity contribution < 1.29 is 0 Å². The van der Waals surface area contributed by atoms with Gasteiger partial charge >= 0.3 is 0 Å². The summed E-state index contributed by atoms with van der Waals surface area (Å²) in [5, 5.41) is 0. The smallest absolute Gasteiger partial charge is 0.217 e. The van der Waals surface area contributed by atoms with Gasteiger partial charge in [0, 0.05) is 17.8 Å². The van der Waals surface area contributed by atoms with Crippen molar-refractivity contribution in [2.45, 2.75) is 19.9 Å². The van der Waals surface area contributed by atoms with Crippen molar-refractivity contribution in [1.82, 2.24) is 19.1 Å². The standard InChI is InChI=1S/C15H17N5/c1-11(2)19-9-13(12-6-4-3-5-7-12)18-15(19)20-10-17-8-14(20)16/h3-11H,16H2,1-2H3. The molecule has 0 aliphatic rings. The van der Waals surface area contributed by atoms with Gasteiger partial charge < -0.3 is 10.3 Å². The summed E-state index contributed by atoms with van der Waals surface area (Å²) in [7, 11) is 0. The SMILES string of the molecule is CC(C)n1cc(-c2ccccc2)nc1-n1cncc1N. The van der Waals surface area contributed by atoms with Crippen molar-refractivity contribution in [2.75, 3.05) is 5.73 Å². The molecule has 102 valence electrons. The van der Waals surface area contributed by atoms with Crippen molar-refractivity contribution >= 4 is 5.82 Å². The average Bonchev–Trinajstić information content (AvgIpc) is 3.05. The maximum atomic E-state index is 5.94. The lowest BCUT2D eigenvalue weighted by Crippen LogP contribution is -2.09. The Morgan fingerprint density at radius 2 is 1.90 bits per heavy atom. The quantitative estimate of drug-likeness (QED) is 0.793. The summed E-state index contributed by atoms with van der Waals surface area (Å²) in [6.07, 6.45) is 5.36. The lowest BCUT2D eigenvalue weighted by molar-refractivity contribution is 0.584. The predicted octanol–water partition coefficient (Wildman–Crippen LogP) is 2.90. The molecular weight excluding hydrogens is 250 g/mol. The van der Waals surface area contributed by atoms with Gasteiger partial charge in [-0.1, -0.05) is 30.3 Å². The van der Waals surface area contributed by atoms with E-state index < -0.39 is 0 Å². The Kier molecular flexibility index (Phi) is 3.02. The molecule has 2 N–H and O–H groups in total. The zero-order valence-electron chi connectivity index (χ0n) is 11.6. The summed E-state index contributed by atoms with van der Waals surface area (Å²) in [6, 6.07) is 10.4. The van der Waals surface area contributed by atoms with Gasteiger partial charge in [-0.15, -0.1) is 0 Å².